The summed E-state index contributed by atoms with van der Waals surface area (Å²) in [5.74, 6) is 0. The average Bonchev–Trinajstić information content (AvgIpc) is 2.92. The standard InChI is InChI=1S/C18H20ClN3/c1-12-3-8-17(13(2)9-12)22-18(10-16(11-20)21-22)14-4-6-15(19)7-5-14/h3-9,18H,10-11,20H2,1-2H3. The zero-order chi connectivity index (χ0) is 15.7. The molecule has 1 aliphatic heterocycles. The highest BCUT2D eigenvalue weighted by molar-refractivity contribution is 6.30. The first-order valence-corrected chi connectivity index (χ1v) is 7.84. The summed E-state index contributed by atoms with van der Waals surface area (Å²) in [6.07, 6.45) is 0.853. The molecule has 114 valence electrons. The van der Waals surface area contributed by atoms with Gasteiger partial charge < -0.3 is 5.73 Å². The molecule has 0 aromatic heterocycles. The smallest absolute Gasteiger partial charge is 0.0828 e. The molecule has 0 aliphatic carbocycles. The number of rotatable bonds is 3. The third kappa shape index (κ3) is 2.87. The van der Waals surface area contributed by atoms with Gasteiger partial charge in [0.05, 0.1) is 17.4 Å². The summed E-state index contributed by atoms with van der Waals surface area (Å²) in [4.78, 5) is 0. The second kappa shape index (κ2) is 6.11. The summed E-state index contributed by atoms with van der Waals surface area (Å²) in [7, 11) is 0. The molecule has 3 nitrogen and oxygen atoms in total. The van der Waals surface area contributed by atoms with Crippen LogP contribution in [0.5, 0.6) is 0 Å². The Kier molecular flexibility index (Phi) is 4.19. The van der Waals surface area contributed by atoms with Crippen molar-refractivity contribution in [1.29, 1.82) is 0 Å². The Hall–Kier alpha value is -1.84. The van der Waals surface area contributed by atoms with E-state index in [0.717, 1.165) is 22.8 Å². The zero-order valence-electron chi connectivity index (χ0n) is 12.9. The molecule has 1 atom stereocenters. The van der Waals surface area contributed by atoms with E-state index in [4.69, 9.17) is 22.4 Å². The summed E-state index contributed by atoms with van der Waals surface area (Å²) in [5.41, 5.74) is 11.7. The maximum atomic E-state index is 6.01. The SMILES string of the molecule is Cc1ccc(N2N=C(CN)CC2c2ccc(Cl)cc2)c(C)c1. The Balaban J connectivity index is 2.01. The fraction of sp³-hybridized carbons (Fsp3) is 0.278. The van der Waals surface area contributed by atoms with Gasteiger partial charge >= 0.3 is 0 Å². The largest absolute Gasteiger partial charge is 0.325 e. The molecule has 0 radical (unpaired) electrons. The van der Waals surface area contributed by atoms with E-state index in [-0.39, 0.29) is 6.04 Å². The Morgan fingerprint density at radius 1 is 1.18 bits per heavy atom. The highest BCUT2D eigenvalue weighted by Crippen LogP contribution is 2.37. The minimum atomic E-state index is 0.178. The zero-order valence-corrected chi connectivity index (χ0v) is 13.6. The van der Waals surface area contributed by atoms with Gasteiger partial charge in [-0.05, 0) is 43.2 Å². The quantitative estimate of drug-likeness (QED) is 0.921. The minimum absolute atomic E-state index is 0.178. The number of nitrogens with zero attached hydrogens (tertiary/aromatic N) is 2. The van der Waals surface area contributed by atoms with Crippen molar-refractivity contribution in [3.63, 3.8) is 0 Å². The fourth-order valence-electron chi connectivity index (χ4n) is 2.92. The number of hydrogen-bond acceptors (Lipinski definition) is 3. The summed E-state index contributed by atoms with van der Waals surface area (Å²) in [6.45, 7) is 4.72. The summed E-state index contributed by atoms with van der Waals surface area (Å²) in [5, 5.41) is 7.59. The molecule has 3 rings (SSSR count). The second-order valence-corrected chi connectivity index (χ2v) is 6.21. The van der Waals surface area contributed by atoms with Gasteiger partial charge in [-0.1, -0.05) is 41.4 Å². The Morgan fingerprint density at radius 3 is 2.55 bits per heavy atom. The molecule has 22 heavy (non-hydrogen) atoms. The van der Waals surface area contributed by atoms with Crippen LogP contribution in [0.4, 0.5) is 5.69 Å². The van der Waals surface area contributed by atoms with Crippen molar-refractivity contribution in [2.24, 2.45) is 10.8 Å². The number of halogens is 1. The van der Waals surface area contributed by atoms with Crippen LogP contribution >= 0.6 is 11.6 Å². The van der Waals surface area contributed by atoms with Gasteiger partial charge in [-0.15, -0.1) is 0 Å². The monoisotopic (exact) mass is 313 g/mol. The van der Waals surface area contributed by atoms with Crippen molar-refractivity contribution in [1.82, 2.24) is 0 Å². The lowest BCUT2D eigenvalue weighted by Crippen LogP contribution is -2.19. The number of benzene rings is 2. The van der Waals surface area contributed by atoms with Gasteiger partial charge in [0.2, 0.25) is 0 Å². The van der Waals surface area contributed by atoms with Crippen LogP contribution in [-0.4, -0.2) is 12.3 Å². The predicted octanol–water partition coefficient (Wildman–Crippen LogP) is 4.22. The lowest BCUT2D eigenvalue weighted by Gasteiger charge is -2.25. The van der Waals surface area contributed by atoms with Crippen LogP contribution in [0.3, 0.4) is 0 Å². The van der Waals surface area contributed by atoms with Gasteiger partial charge in [-0.2, -0.15) is 5.10 Å². The first-order valence-electron chi connectivity index (χ1n) is 7.47. The van der Waals surface area contributed by atoms with E-state index in [2.05, 4.69) is 49.2 Å². The van der Waals surface area contributed by atoms with Crippen molar-refractivity contribution in [3.05, 3.63) is 64.2 Å². The molecule has 0 saturated heterocycles. The first-order chi connectivity index (χ1) is 10.6. The van der Waals surface area contributed by atoms with Gasteiger partial charge in [0.15, 0.2) is 0 Å². The Bertz CT molecular complexity index is 707. The molecule has 1 heterocycles. The lowest BCUT2D eigenvalue weighted by atomic mass is 10.0. The van der Waals surface area contributed by atoms with Crippen molar-refractivity contribution < 1.29 is 0 Å². The van der Waals surface area contributed by atoms with E-state index in [1.807, 2.05) is 12.1 Å². The molecule has 4 heteroatoms. The molecular formula is C18H20ClN3. The van der Waals surface area contributed by atoms with Gasteiger partial charge in [-0.25, -0.2) is 0 Å². The van der Waals surface area contributed by atoms with E-state index < -0.39 is 0 Å². The van der Waals surface area contributed by atoms with Gasteiger partial charge in [0.1, 0.15) is 0 Å². The normalized spacial score (nSPS) is 17.7. The van der Waals surface area contributed by atoms with Crippen LogP contribution in [0.25, 0.3) is 0 Å². The lowest BCUT2D eigenvalue weighted by molar-refractivity contribution is 0.706. The summed E-state index contributed by atoms with van der Waals surface area (Å²) < 4.78 is 0. The topological polar surface area (TPSA) is 41.6 Å². The molecule has 0 bridgehead atoms. The van der Waals surface area contributed by atoms with Crippen LogP contribution in [-0.2, 0) is 0 Å². The molecule has 1 unspecified atom stereocenters. The maximum Gasteiger partial charge on any atom is 0.0828 e. The highest BCUT2D eigenvalue weighted by atomic mass is 35.5. The molecule has 0 amide bonds. The number of nitrogens with two attached hydrogens (primary N) is 1. The van der Waals surface area contributed by atoms with Crippen molar-refractivity contribution in [3.8, 4) is 0 Å². The Morgan fingerprint density at radius 2 is 1.91 bits per heavy atom. The van der Waals surface area contributed by atoms with E-state index in [0.29, 0.717) is 6.54 Å². The van der Waals surface area contributed by atoms with E-state index in [1.54, 1.807) is 0 Å². The predicted molar refractivity (Wildman–Crippen MR) is 93.7 cm³/mol. The molecule has 2 aromatic rings. The van der Waals surface area contributed by atoms with Crippen molar-refractivity contribution >= 4 is 23.0 Å². The van der Waals surface area contributed by atoms with Crippen molar-refractivity contribution in [2.75, 3.05) is 11.6 Å². The van der Waals surface area contributed by atoms with Crippen LogP contribution in [0.15, 0.2) is 47.6 Å². The molecule has 0 saturated carbocycles. The Labute approximate surface area is 136 Å². The second-order valence-electron chi connectivity index (χ2n) is 5.78. The third-order valence-electron chi connectivity index (χ3n) is 4.06. The average molecular weight is 314 g/mol. The molecule has 2 aromatic carbocycles. The van der Waals surface area contributed by atoms with Crippen LogP contribution in [0, 0.1) is 13.8 Å². The fourth-order valence-corrected chi connectivity index (χ4v) is 3.05. The van der Waals surface area contributed by atoms with Gasteiger partial charge in [0, 0.05) is 18.0 Å². The number of anilines is 1. The van der Waals surface area contributed by atoms with Gasteiger partial charge in [0.25, 0.3) is 0 Å². The summed E-state index contributed by atoms with van der Waals surface area (Å²) in [6, 6.07) is 14.6. The third-order valence-corrected chi connectivity index (χ3v) is 4.31. The first kappa shape index (κ1) is 15.1. The van der Waals surface area contributed by atoms with Crippen LogP contribution in [0.1, 0.15) is 29.2 Å². The minimum Gasteiger partial charge on any atom is -0.325 e. The number of aryl methyl sites for hydroxylation is 2. The van der Waals surface area contributed by atoms with Crippen LogP contribution in [0.2, 0.25) is 5.02 Å². The van der Waals surface area contributed by atoms with Crippen LogP contribution < -0.4 is 10.7 Å². The van der Waals surface area contributed by atoms with E-state index in [1.165, 1.54) is 16.7 Å². The highest BCUT2D eigenvalue weighted by Gasteiger charge is 2.29. The van der Waals surface area contributed by atoms with Crippen molar-refractivity contribution in [2.45, 2.75) is 26.3 Å². The molecule has 1 aliphatic rings. The number of hydrogen-bond donors (Lipinski definition) is 1. The number of hydrazone groups is 1. The summed E-state index contributed by atoms with van der Waals surface area (Å²) >= 11 is 6.01. The van der Waals surface area contributed by atoms with E-state index >= 15 is 0 Å². The molecule has 0 spiro atoms. The maximum absolute atomic E-state index is 6.01. The molecular weight excluding hydrogens is 294 g/mol. The van der Waals surface area contributed by atoms with E-state index in [9.17, 15) is 0 Å². The van der Waals surface area contributed by atoms with Gasteiger partial charge in [-0.3, -0.25) is 5.01 Å². The molecule has 0 fully saturated rings. The molecule has 2 N–H and O–H groups in total.